The minimum Gasteiger partial charge on any atom is -0.790 e. The third kappa shape index (κ3) is 14.8. The van der Waals surface area contributed by atoms with Crippen molar-refractivity contribution < 1.29 is 28.1 Å². The van der Waals surface area contributed by atoms with E-state index in [9.17, 15) is 23.8 Å². The second-order valence-electron chi connectivity index (χ2n) is 5.78. The molecule has 0 fully saturated rings. The molecule has 23 heavy (non-hydrogen) atoms. The Hall–Kier alpha value is -0.480. The van der Waals surface area contributed by atoms with Gasteiger partial charge in [-0.2, -0.15) is 0 Å². The highest BCUT2D eigenvalue weighted by Gasteiger charge is 2.08. The molecular weight excluding hydrogens is 338 g/mol. The molecule has 0 saturated carbocycles. The van der Waals surface area contributed by atoms with Crippen LogP contribution in [0.2, 0.25) is 0 Å². The SMILES string of the molecule is CC(C)=CCC/C(C)=C/CC/C(C)=C/CP(=O)([O-])OP(=O)([O-])[O-]. The van der Waals surface area contributed by atoms with Gasteiger partial charge in [0.05, 0.1) is 7.82 Å². The van der Waals surface area contributed by atoms with Gasteiger partial charge in [-0.05, 0) is 53.4 Å². The minimum atomic E-state index is -5.52. The molecule has 134 valence electrons. The molecule has 0 aromatic heterocycles. The van der Waals surface area contributed by atoms with E-state index >= 15 is 0 Å². The Kier molecular flexibility index (Phi) is 10.2. The van der Waals surface area contributed by atoms with Crippen molar-refractivity contribution in [3.05, 3.63) is 34.9 Å². The Bertz CT molecular complexity index is 552. The van der Waals surface area contributed by atoms with E-state index in [-0.39, 0.29) is 0 Å². The molecule has 0 N–H and O–H groups in total. The summed E-state index contributed by atoms with van der Waals surface area (Å²) in [5, 5.41) is 0. The summed E-state index contributed by atoms with van der Waals surface area (Å²) in [6.45, 7) is 7.92. The van der Waals surface area contributed by atoms with Crippen molar-refractivity contribution in [1.82, 2.24) is 0 Å². The third-order valence-corrected chi connectivity index (χ3v) is 5.44. The van der Waals surface area contributed by atoms with Gasteiger partial charge in [0.25, 0.3) is 0 Å². The zero-order chi connectivity index (χ0) is 18.1. The van der Waals surface area contributed by atoms with Crippen LogP contribution in [0.4, 0.5) is 0 Å². The highest BCUT2D eigenvalue weighted by molar-refractivity contribution is 7.61. The summed E-state index contributed by atoms with van der Waals surface area (Å²) >= 11 is 0. The van der Waals surface area contributed by atoms with Crippen molar-refractivity contribution in [2.24, 2.45) is 0 Å². The van der Waals surface area contributed by atoms with Crippen molar-refractivity contribution in [3.8, 4) is 0 Å². The maximum absolute atomic E-state index is 11.3. The fraction of sp³-hybridized carbons (Fsp3) is 0.600. The minimum absolute atomic E-state index is 0.601. The molecular formula is C15H25O6P2-3. The molecule has 0 amide bonds. The highest BCUT2D eigenvalue weighted by atomic mass is 31.3. The summed E-state index contributed by atoms with van der Waals surface area (Å²) in [5.41, 5.74) is 3.36. The van der Waals surface area contributed by atoms with Crippen molar-refractivity contribution in [2.45, 2.75) is 53.4 Å². The number of rotatable bonds is 10. The first kappa shape index (κ1) is 22.5. The van der Waals surface area contributed by atoms with Crippen LogP contribution < -0.4 is 14.7 Å². The van der Waals surface area contributed by atoms with Crippen LogP contribution in [0.5, 0.6) is 0 Å². The van der Waals surface area contributed by atoms with Gasteiger partial charge < -0.3 is 28.1 Å². The normalized spacial score (nSPS) is 16.1. The van der Waals surface area contributed by atoms with Gasteiger partial charge in [-0.25, -0.2) is 0 Å². The molecule has 0 aliphatic heterocycles. The van der Waals surface area contributed by atoms with Gasteiger partial charge in [-0.1, -0.05) is 34.9 Å². The second kappa shape index (κ2) is 10.4. The van der Waals surface area contributed by atoms with Crippen LogP contribution in [-0.4, -0.2) is 6.16 Å². The van der Waals surface area contributed by atoms with Gasteiger partial charge in [0.2, 0.25) is 0 Å². The topological polar surface area (TPSA) is 113 Å². The maximum atomic E-state index is 11.3. The fourth-order valence-electron chi connectivity index (χ4n) is 1.79. The molecule has 0 aliphatic carbocycles. The fourth-order valence-corrected chi connectivity index (χ4v) is 3.81. The van der Waals surface area contributed by atoms with Gasteiger partial charge in [-0.15, -0.1) is 0 Å². The molecule has 0 saturated heterocycles. The monoisotopic (exact) mass is 363 g/mol. The number of hydrogen-bond acceptors (Lipinski definition) is 6. The van der Waals surface area contributed by atoms with Crippen LogP contribution in [0.25, 0.3) is 0 Å². The van der Waals surface area contributed by atoms with Gasteiger partial charge in [0.15, 0.2) is 0 Å². The summed E-state index contributed by atoms with van der Waals surface area (Å²) in [6.07, 6.45) is 8.47. The molecule has 1 unspecified atom stereocenters. The molecule has 6 nitrogen and oxygen atoms in total. The predicted molar refractivity (Wildman–Crippen MR) is 86.6 cm³/mol. The quantitative estimate of drug-likeness (QED) is 0.436. The van der Waals surface area contributed by atoms with Gasteiger partial charge in [-0.3, -0.25) is 0 Å². The van der Waals surface area contributed by atoms with Crippen molar-refractivity contribution in [3.63, 3.8) is 0 Å². The standard InChI is InChI=1S/C15H28O6P2/c1-13(2)7-5-8-14(3)9-6-10-15(4)11-12-22(16,17)21-23(18,19)20/h7,9,11H,5-6,8,10,12H2,1-4H3,(H,16,17)(H2,18,19,20)/p-3/b14-9+,15-11+. The van der Waals surface area contributed by atoms with Crippen molar-refractivity contribution >= 4 is 15.4 Å². The Balaban J connectivity index is 4.28. The summed E-state index contributed by atoms with van der Waals surface area (Å²) in [5.74, 6) is 0. The number of hydrogen-bond donors (Lipinski definition) is 0. The molecule has 0 rings (SSSR count). The van der Waals surface area contributed by atoms with Crippen LogP contribution in [0.3, 0.4) is 0 Å². The lowest BCUT2D eigenvalue weighted by atomic mass is 10.1. The van der Waals surface area contributed by atoms with E-state index in [4.69, 9.17) is 0 Å². The van der Waals surface area contributed by atoms with Crippen LogP contribution >= 0.6 is 15.4 Å². The van der Waals surface area contributed by atoms with Gasteiger partial charge in [0, 0.05) is 6.16 Å². The first-order chi connectivity index (χ1) is 10.4. The Morgan fingerprint density at radius 2 is 1.35 bits per heavy atom. The van der Waals surface area contributed by atoms with E-state index in [1.165, 1.54) is 17.2 Å². The van der Waals surface area contributed by atoms with E-state index in [0.29, 0.717) is 6.42 Å². The molecule has 0 bridgehead atoms. The van der Waals surface area contributed by atoms with E-state index < -0.39 is 21.6 Å². The molecule has 8 heteroatoms. The Morgan fingerprint density at radius 1 is 0.870 bits per heavy atom. The van der Waals surface area contributed by atoms with Crippen LogP contribution in [0, 0.1) is 0 Å². The van der Waals surface area contributed by atoms with E-state index in [1.54, 1.807) is 6.92 Å². The van der Waals surface area contributed by atoms with Crippen LogP contribution in [0.15, 0.2) is 34.9 Å². The zero-order valence-corrected chi connectivity index (χ0v) is 15.9. The largest absolute Gasteiger partial charge is 0.790 e. The van der Waals surface area contributed by atoms with Crippen molar-refractivity contribution in [1.29, 1.82) is 0 Å². The van der Waals surface area contributed by atoms with Gasteiger partial charge >= 0.3 is 0 Å². The zero-order valence-electron chi connectivity index (χ0n) is 14.1. The molecule has 0 spiro atoms. The van der Waals surface area contributed by atoms with Crippen LogP contribution in [0.1, 0.15) is 53.4 Å². The Morgan fingerprint density at radius 3 is 1.83 bits per heavy atom. The predicted octanol–water partition coefficient (Wildman–Crippen LogP) is 2.80. The number of phosphoric acid groups is 1. The first-order valence-corrected chi connectivity index (χ1v) is 10.6. The third-order valence-electron chi connectivity index (χ3n) is 3.01. The lowest BCUT2D eigenvalue weighted by Crippen LogP contribution is -2.19. The summed E-state index contributed by atoms with van der Waals surface area (Å²) in [4.78, 5) is 31.9. The molecule has 0 aliphatic rings. The molecule has 0 aromatic carbocycles. The maximum Gasteiger partial charge on any atom is 0.143 e. The summed E-state index contributed by atoms with van der Waals surface area (Å²) < 4.78 is 25.2. The van der Waals surface area contributed by atoms with Crippen molar-refractivity contribution in [2.75, 3.05) is 6.16 Å². The Labute approximate surface area is 138 Å². The molecule has 0 aromatic rings. The van der Waals surface area contributed by atoms with E-state index in [0.717, 1.165) is 24.8 Å². The lowest BCUT2D eigenvalue weighted by Gasteiger charge is -2.35. The van der Waals surface area contributed by atoms with E-state index in [2.05, 4.69) is 37.2 Å². The summed E-state index contributed by atoms with van der Waals surface area (Å²) in [6, 6.07) is 0. The number of allylic oxidation sites excluding steroid dienone is 6. The van der Waals surface area contributed by atoms with Gasteiger partial charge in [0.1, 0.15) is 7.60 Å². The average molecular weight is 363 g/mol. The smallest absolute Gasteiger partial charge is 0.143 e. The second-order valence-corrected chi connectivity index (χ2v) is 8.92. The molecule has 0 radical (unpaired) electrons. The average Bonchev–Trinajstić information content (AvgIpc) is 2.33. The van der Waals surface area contributed by atoms with Crippen LogP contribution in [-0.2, 0) is 13.4 Å². The van der Waals surface area contributed by atoms with E-state index in [1.807, 2.05) is 0 Å². The first-order valence-electron chi connectivity index (χ1n) is 7.39. The molecule has 1 atom stereocenters. The highest BCUT2D eigenvalue weighted by Crippen LogP contribution is 2.49. The lowest BCUT2D eigenvalue weighted by molar-refractivity contribution is -0.337. The molecule has 0 heterocycles. The summed E-state index contributed by atoms with van der Waals surface area (Å²) in [7, 11) is -10.2.